The van der Waals surface area contributed by atoms with Gasteiger partial charge in [0.1, 0.15) is 0 Å². The van der Waals surface area contributed by atoms with Gasteiger partial charge in [-0.15, -0.1) is 0 Å². The van der Waals surface area contributed by atoms with Gasteiger partial charge in [-0.25, -0.2) is 9.59 Å². The number of ether oxygens (including phenoxy) is 2. The first kappa shape index (κ1) is 17.0. The van der Waals surface area contributed by atoms with Crippen LogP contribution < -0.4 is 0 Å². The van der Waals surface area contributed by atoms with Gasteiger partial charge in [-0.2, -0.15) is 0 Å². The van der Waals surface area contributed by atoms with Gasteiger partial charge in [0, 0.05) is 28.4 Å². The van der Waals surface area contributed by atoms with E-state index in [4.69, 9.17) is 9.47 Å². The first-order valence-electron chi connectivity index (χ1n) is 8.50. The highest BCUT2D eigenvalue weighted by Gasteiger charge is 2.16. The SMILES string of the molecule is CCOC(=O)c1ccc2c(c1)c1cc(C(=O)OCC)ccc1n2CC. The number of benzene rings is 2. The largest absolute Gasteiger partial charge is 0.462 e. The lowest BCUT2D eigenvalue weighted by Gasteiger charge is -2.04. The Labute approximate surface area is 146 Å². The van der Waals surface area contributed by atoms with Crippen LogP contribution in [0.25, 0.3) is 21.8 Å². The molecule has 0 aliphatic rings. The molecule has 0 bridgehead atoms. The Morgan fingerprint density at radius 2 is 1.24 bits per heavy atom. The molecule has 5 nitrogen and oxygen atoms in total. The normalized spacial score (nSPS) is 11.0. The second-order valence-electron chi connectivity index (χ2n) is 5.65. The van der Waals surface area contributed by atoms with Crippen LogP contribution in [-0.4, -0.2) is 29.7 Å². The highest BCUT2D eigenvalue weighted by atomic mass is 16.5. The lowest BCUT2D eigenvalue weighted by atomic mass is 10.1. The third kappa shape index (κ3) is 2.97. The van der Waals surface area contributed by atoms with E-state index in [-0.39, 0.29) is 11.9 Å². The van der Waals surface area contributed by atoms with Gasteiger partial charge < -0.3 is 14.0 Å². The van der Waals surface area contributed by atoms with E-state index in [1.54, 1.807) is 26.0 Å². The number of carbonyl (C=O) groups is 2. The molecule has 0 aliphatic heterocycles. The molecule has 0 fully saturated rings. The molecule has 0 unspecified atom stereocenters. The van der Waals surface area contributed by atoms with Gasteiger partial charge in [0.2, 0.25) is 0 Å². The van der Waals surface area contributed by atoms with E-state index < -0.39 is 0 Å². The third-order valence-electron chi connectivity index (χ3n) is 4.20. The number of rotatable bonds is 5. The monoisotopic (exact) mass is 339 g/mol. The number of hydrogen-bond donors (Lipinski definition) is 0. The van der Waals surface area contributed by atoms with Crippen LogP contribution in [0.1, 0.15) is 41.5 Å². The fourth-order valence-corrected chi connectivity index (χ4v) is 3.13. The molecule has 130 valence electrons. The molecule has 1 heterocycles. The van der Waals surface area contributed by atoms with Crippen molar-refractivity contribution in [2.45, 2.75) is 27.3 Å². The van der Waals surface area contributed by atoms with Gasteiger partial charge in [-0.3, -0.25) is 0 Å². The smallest absolute Gasteiger partial charge is 0.338 e. The number of esters is 2. The summed E-state index contributed by atoms with van der Waals surface area (Å²) in [6.07, 6.45) is 0. The lowest BCUT2D eigenvalue weighted by molar-refractivity contribution is 0.0517. The Hall–Kier alpha value is -2.82. The quantitative estimate of drug-likeness (QED) is 0.655. The lowest BCUT2D eigenvalue weighted by Crippen LogP contribution is -2.04. The molecule has 1 aromatic heterocycles. The number of hydrogen-bond acceptors (Lipinski definition) is 4. The van der Waals surface area contributed by atoms with Crippen LogP contribution in [-0.2, 0) is 16.0 Å². The van der Waals surface area contributed by atoms with E-state index in [2.05, 4.69) is 11.5 Å². The molecule has 0 spiro atoms. The fraction of sp³-hybridized carbons (Fsp3) is 0.300. The number of carbonyl (C=O) groups excluding carboxylic acids is 2. The summed E-state index contributed by atoms with van der Waals surface area (Å²) >= 11 is 0. The molecule has 0 saturated heterocycles. The van der Waals surface area contributed by atoms with Crippen molar-refractivity contribution in [3.8, 4) is 0 Å². The van der Waals surface area contributed by atoms with Crippen LogP contribution in [0.2, 0.25) is 0 Å². The van der Waals surface area contributed by atoms with Crippen LogP contribution in [0.5, 0.6) is 0 Å². The van der Waals surface area contributed by atoms with Crippen LogP contribution in [0.15, 0.2) is 36.4 Å². The zero-order valence-corrected chi connectivity index (χ0v) is 14.7. The van der Waals surface area contributed by atoms with Crippen molar-refractivity contribution in [3.63, 3.8) is 0 Å². The number of aromatic nitrogens is 1. The van der Waals surface area contributed by atoms with Gasteiger partial charge in [-0.1, -0.05) is 0 Å². The van der Waals surface area contributed by atoms with Crippen molar-refractivity contribution in [3.05, 3.63) is 47.5 Å². The summed E-state index contributed by atoms with van der Waals surface area (Å²) in [4.78, 5) is 24.1. The first-order chi connectivity index (χ1) is 12.1. The van der Waals surface area contributed by atoms with Crippen molar-refractivity contribution in [2.75, 3.05) is 13.2 Å². The third-order valence-corrected chi connectivity index (χ3v) is 4.20. The Morgan fingerprint density at radius 3 is 1.60 bits per heavy atom. The topological polar surface area (TPSA) is 57.5 Å². The van der Waals surface area contributed by atoms with Crippen LogP contribution in [0.3, 0.4) is 0 Å². The van der Waals surface area contributed by atoms with Gasteiger partial charge in [-0.05, 0) is 57.2 Å². The molecule has 5 heteroatoms. The van der Waals surface area contributed by atoms with E-state index in [9.17, 15) is 9.59 Å². The standard InChI is InChI=1S/C20H21NO4/c1-4-21-17-9-7-13(19(22)24-5-2)11-15(17)16-12-14(8-10-18(16)21)20(23)25-6-3/h7-12H,4-6H2,1-3H3. The molecule has 2 aromatic carbocycles. The zero-order chi connectivity index (χ0) is 18.0. The molecular formula is C20H21NO4. The molecule has 25 heavy (non-hydrogen) atoms. The van der Waals surface area contributed by atoms with E-state index in [0.29, 0.717) is 24.3 Å². The molecule has 0 atom stereocenters. The Kier molecular flexibility index (Phi) is 4.74. The minimum atomic E-state index is -0.344. The van der Waals surface area contributed by atoms with Crippen molar-refractivity contribution in [1.29, 1.82) is 0 Å². The Bertz CT molecular complexity index is 880. The van der Waals surface area contributed by atoms with Crippen LogP contribution in [0.4, 0.5) is 0 Å². The average molecular weight is 339 g/mol. The number of fused-ring (bicyclic) bond motifs is 3. The maximum absolute atomic E-state index is 12.1. The summed E-state index contributed by atoms with van der Waals surface area (Å²) < 4.78 is 12.4. The second-order valence-corrected chi connectivity index (χ2v) is 5.65. The average Bonchev–Trinajstić information content (AvgIpc) is 2.94. The summed E-state index contributed by atoms with van der Waals surface area (Å²) in [5, 5.41) is 1.85. The summed E-state index contributed by atoms with van der Waals surface area (Å²) in [6.45, 7) is 7.09. The van der Waals surface area contributed by atoms with E-state index in [1.807, 2.05) is 24.3 Å². The molecule has 0 radical (unpaired) electrons. The fourth-order valence-electron chi connectivity index (χ4n) is 3.13. The molecular weight excluding hydrogens is 318 g/mol. The summed E-state index contributed by atoms with van der Waals surface area (Å²) in [6, 6.07) is 11.1. The van der Waals surface area contributed by atoms with Crippen molar-refractivity contribution < 1.29 is 19.1 Å². The van der Waals surface area contributed by atoms with Crippen molar-refractivity contribution in [2.24, 2.45) is 0 Å². The molecule has 3 rings (SSSR count). The molecule has 0 aliphatic carbocycles. The van der Waals surface area contributed by atoms with E-state index >= 15 is 0 Å². The Morgan fingerprint density at radius 1 is 0.800 bits per heavy atom. The summed E-state index contributed by atoms with van der Waals surface area (Å²) in [7, 11) is 0. The van der Waals surface area contributed by atoms with Gasteiger partial charge >= 0.3 is 11.9 Å². The number of nitrogens with zero attached hydrogens (tertiary/aromatic N) is 1. The second kappa shape index (κ2) is 6.97. The highest BCUT2D eigenvalue weighted by Crippen LogP contribution is 2.31. The minimum Gasteiger partial charge on any atom is -0.462 e. The minimum absolute atomic E-state index is 0.334. The van der Waals surface area contributed by atoms with Gasteiger partial charge in [0.05, 0.1) is 24.3 Å². The molecule has 0 saturated carbocycles. The molecule has 0 N–H and O–H groups in total. The zero-order valence-electron chi connectivity index (χ0n) is 14.7. The van der Waals surface area contributed by atoms with Gasteiger partial charge in [0.15, 0.2) is 0 Å². The van der Waals surface area contributed by atoms with Crippen molar-refractivity contribution >= 4 is 33.7 Å². The predicted molar refractivity (Wildman–Crippen MR) is 97.0 cm³/mol. The first-order valence-corrected chi connectivity index (χ1v) is 8.50. The van der Waals surface area contributed by atoms with Crippen molar-refractivity contribution in [1.82, 2.24) is 4.57 Å². The summed E-state index contributed by atoms with van der Waals surface area (Å²) in [5.74, 6) is -0.688. The van der Waals surface area contributed by atoms with Gasteiger partial charge in [0.25, 0.3) is 0 Å². The maximum Gasteiger partial charge on any atom is 0.338 e. The van der Waals surface area contributed by atoms with Crippen LogP contribution >= 0.6 is 0 Å². The number of aryl methyl sites for hydroxylation is 1. The van der Waals surface area contributed by atoms with E-state index in [1.165, 1.54) is 0 Å². The van der Waals surface area contributed by atoms with Crippen LogP contribution in [0, 0.1) is 0 Å². The Balaban J connectivity index is 2.23. The molecule has 3 aromatic rings. The highest BCUT2D eigenvalue weighted by molar-refractivity contribution is 6.12. The summed E-state index contributed by atoms with van der Waals surface area (Å²) in [5.41, 5.74) is 3.05. The maximum atomic E-state index is 12.1. The van der Waals surface area contributed by atoms with E-state index in [0.717, 1.165) is 28.4 Å². The molecule has 0 amide bonds. The predicted octanol–water partition coefficient (Wildman–Crippen LogP) is 4.17.